The number of hydrogen-bond donors (Lipinski definition) is 1. The molecule has 4 aromatic rings. The Morgan fingerprint density at radius 2 is 1.93 bits per heavy atom. The zero-order valence-electron chi connectivity index (χ0n) is 25.0. The standard InChI is InChI=1S/C35H34F3N5O2/c1-2-24-26(37)10-8-20-15-23(44)16-25(28(20)24)31-30(38)32-29-27(39-31)11-9-22-7-4-3-5-14-43(22)33(29)41-34(40-32)45-19-35-12-6-13-42(35)18-21(36)17-35/h1,8,10,15-16,21-22,44H,3-7,9,11-14,17-19H2/t21-,22?,35+/m1/s1. The third-order valence-electron chi connectivity index (χ3n) is 10.4. The first-order chi connectivity index (χ1) is 21.8. The number of halogens is 3. The Kier molecular flexibility index (Phi) is 6.79. The van der Waals surface area contributed by atoms with Crippen LogP contribution in [0.3, 0.4) is 0 Å². The maximum atomic E-state index is 17.0. The van der Waals surface area contributed by atoms with Gasteiger partial charge in [-0.1, -0.05) is 24.8 Å². The second-order valence-electron chi connectivity index (χ2n) is 13.0. The van der Waals surface area contributed by atoms with Crippen molar-refractivity contribution in [2.24, 2.45) is 0 Å². The fourth-order valence-electron chi connectivity index (χ4n) is 8.30. The third-order valence-corrected chi connectivity index (χ3v) is 10.4. The second-order valence-corrected chi connectivity index (χ2v) is 13.0. The molecule has 3 saturated heterocycles. The number of aromatic hydroxyl groups is 1. The van der Waals surface area contributed by atoms with Crippen molar-refractivity contribution in [1.29, 1.82) is 0 Å². The quantitative estimate of drug-likeness (QED) is 0.265. The van der Waals surface area contributed by atoms with Crippen LogP contribution in [-0.2, 0) is 6.42 Å². The molecule has 3 fully saturated rings. The number of fused-ring (bicyclic) bond motifs is 4. The topological polar surface area (TPSA) is 74.6 Å². The molecule has 8 rings (SSSR count). The van der Waals surface area contributed by atoms with Crippen LogP contribution in [0.25, 0.3) is 32.9 Å². The van der Waals surface area contributed by atoms with Crippen molar-refractivity contribution in [3.05, 3.63) is 47.2 Å². The summed E-state index contributed by atoms with van der Waals surface area (Å²) in [6.07, 6.45) is 12.6. The van der Waals surface area contributed by atoms with Gasteiger partial charge in [-0.25, -0.2) is 18.2 Å². The van der Waals surface area contributed by atoms with E-state index in [1.807, 2.05) is 0 Å². The third kappa shape index (κ3) is 4.58. The Balaban J connectivity index is 1.33. The van der Waals surface area contributed by atoms with Gasteiger partial charge >= 0.3 is 6.01 Å². The number of pyridine rings is 1. The number of phenols is 1. The largest absolute Gasteiger partial charge is 0.508 e. The lowest BCUT2D eigenvalue weighted by Crippen LogP contribution is -2.43. The molecule has 45 heavy (non-hydrogen) atoms. The first kappa shape index (κ1) is 28.4. The van der Waals surface area contributed by atoms with Gasteiger partial charge in [-0.05, 0) is 68.7 Å². The number of terminal acetylenes is 1. The van der Waals surface area contributed by atoms with Crippen LogP contribution in [0.15, 0.2) is 24.3 Å². The van der Waals surface area contributed by atoms with Crippen molar-refractivity contribution in [1.82, 2.24) is 19.9 Å². The highest BCUT2D eigenvalue weighted by Crippen LogP contribution is 2.44. The van der Waals surface area contributed by atoms with E-state index in [9.17, 15) is 13.9 Å². The normalized spacial score (nSPS) is 24.7. The smallest absolute Gasteiger partial charge is 0.319 e. The molecule has 4 aliphatic heterocycles. The highest BCUT2D eigenvalue weighted by Gasteiger charge is 2.49. The van der Waals surface area contributed by atoms with Gasteiger partial charge in [0.15, 0.2) is 5.82 Å². The van der Waals surface area contributed by atoms with Gasteiger partial charge in [-0.15, -0.1) is 6.42 Å². The van der Waals surface area contributed by atoms with E-state index < -0.39 is 23.3 Å². The average molecular weight is 614 g/mol. The van der Waals surface area contributed by atoms with Gasteiger partial charge in [-0.2, -0.15) is 9.97 Å². The zero-order chi connectivity index (χ0) is 30.9. The van der Waals surface area contributed by atoms with Crippen LogP contribution in [0, 0.1) is 24.0 Å². The van der Waals surface area contributed by atoms with Gasteiger partial charge in [-0.3, -0.25) is 4.90 Å². The number of ether oxygens (including phenoxy) is 1. The van der Waals surface area contributed by atoms with E-state index in [1.54, 1.807) is 0 Å². The number of hydrogen-bond acceptors (Lipinski definition) is 7. The predicted molar refractivity (Wildman–Crippen MR) is 166 cm³/mol. The molecule has 0 saturated carbocycles. The fourth-order valence-corrected chi connectivity index (χ4v) is 8.30. The summed E-state index contributed by atoms with van der Waals surface area (Å²) in [7, 11) is 0. The molecular weight excluding hydrogens is 579 g/mol. The number of aromatic nitrogens is 3. The highest BCUT2D eigenvalue weighted by molar-refractivity contribution is 6.03. The van der Waals surface area contributed by atoms with Gasteiger partial charge in [0, 0.05) is 36.5 Å². The van der Waals surface area contributed by atoms with Gasteiger partial charge in [0.1, 0.15) is 41.4 Å². The van der Waals surface area contributed by atoms with E-state index in [0.29, 0.717) is 47.1 Å². The number of phenolic OH excluding ortho intramolecular Hbond substituents is 1. The molecule has 2 aromatic heterocycles. The summed E-state index contributed by atoms with van der Waals surface area (Å²) in [6, 6.07) is 5.83. The number of alkyl halides is 1. The summed E-state index contributed by atoms with van der Waals surface area (Å²) in [5, 5.41) is 11.9. The Bertz CT molecular complexity index is 1890. The van der Waals surface area contributed by atoms with E-state index in [0.717, 1.165) is 58.0 Å². The van der Waals surface area contributed by atoms with Gasteiger partial charge in [0.25, 0.3) is 0 Å². The van der Waals surface area contributed by atoms with Crippen molar-refractivity contribution in [3.63, 3.8) is 0 Å². The minimum atomic E-state index is -0.905. The molecule has 232 valence electrons. The van der Waals surface area contributed by atoms with Crippen molar-refractivity contribution in [2.45, 2.75) is 75.5 Å². The number of benzene rings is 2. The molecule has 1 unspecified atom stereocenters. The van der Waals surface area contributed by atoms with E-state index in [2.05, 4.69) is 20.7 Å². The Hall–Kier alpha value is -4.10. The molecule has 7 nitrogen and oxygen atoms in total. The minimum Gasteiger partial charge on any atom is -0.508 e. The van der Waals surface area contributed by atoms with Gasteiger partial charge < -0.3 is 14.7 Å². The summed E-state index contributed by atoms with van der Waals surface area (Å²) >= 11 is 0. The van der Waals surface area contributed by atoms with Crippen LogP contribution in [-0.4, -0.2) is 69.0 Å². The van der Waals surface area contributed by atoms with Crippen LogP contribution >= 0.6 is 0 Å². The fraction of sp³-hybridized carbons (Fsp3) is 0.457. The van der Waals surface area contributed by atoms with Crippen LogP contribution in [0.2, 0.25) is 0 Å². The summed E-state index contributed by atoms with van der Waals surface area (Å²) in [5.41, 5.74) is 0.381. The van der Waals surface area contributed by atoms with Crippen molar-refractivity contribution in [2.75, 3.05) is 31.1 Å². The van der Waals surface area contributed by atoms with E-state index in [4.69, 9.17) is 21.1 Å². The van der Waals surface area contributed by atoms with Gasteiger partial charge in [0.05, 0.1) is 22.2 Å². The number of rotatable bonds is 4. The Morgan fingerprint density at radius 3 is 2.80 bits per heavy atom. The molecule has 0 spiro atoms. The number of anilines is 1. The first-order valence-corrected chi connectivity index (χ1v) is 16.0. The summed E-state index contributed by atoms with van der Waals surface area (Å²) in [5.74, 6) is 1.55. The van der Waals surface area contributed by atoms with Crippen molar-refractivity contribution >= 4 is 27.5 Å². The maximum absolute atomic E-state index is 17.0. The summed E-state index contributed by atoms with van der Waals surface area (Å²) < 4.78 is 52.7. The molecule has 0 amide bonds. The second kappa shape index (κ2) is 10.8. The summed E-state index contributed by atoms with van der Waals surface area (Å²) in [4.78, 5) is 18.9. The molecule has 4 aliphatic rings. The number of nitrogens with zero attached hydrogens (tertiary/aromatic N) is 5. The maximum Gasteiger partial charge on any atom is 0.319 e. The monoisotopic (exact) mass is 613 g/mol. The Morgan fingerprint density at radius 1 is 1.04 bits per heavy atom. The lowest BCUT2D eigenvalue weighted by atomic mass is 9.95. The van der Waals surface area contributed by atoms with E-state index >= 15 is 4.39 Å². The molecule has 0 aliphatic carbocycles. The average Bonchev–Trinajstić information content (AvgIpc) is 3.38. The van der Waals surface area contributed by atoms with Crippen LogP contribution in [0.4, 0.5) is 19.0 Å². The molecule has 0 radical (unpaired) electrons. The van der Waals surface area contributed by atoms with Crippen molar-refractivity contribution in [3.8, 4) is 35.4 Å². The molecular formula is C35H34F3N5O2. The molecule has 3 atom stereocenters. The zero-order valence-corrected chi connectivity index (χ0v) is 25.0. The minimum absolute atomic E-state index is 0.0291. The van der Waals surface area contributed by atoms with Gasteiger partial charge in [0.2, 0.25) is 0 Å². The lowest BCUT2D eigenvalue weighted by Gasteiger charge is -2.32. The molecule has 0 bridgehead atoms. The lowest BCUT2D eigenvalue weighted by molar-refractivity contribution is 0.107. The SMILES string of the molecule is C#Cc1c(F)ccc2cc(O)cc(-c3nc4c5c(nc(OC[C@@]67CCCN6C[C@H](F)C7)nc5c3F)N3CCCCCC3CC4)c12. The molecule has 10 heteroatoms. The van der Waals surface area contributed by atoms with Crippen LogP contribution in [0.5, 0.6) is 11.8 Å². The van der Waals surface area contributed by atoms with Crippen molar-refractivity contribution < 1.29 is 23.0 Å². The van der Waals surface area contributed by atoms with E-state index in [-0.39, 0.29) is 46.7 Å². The van der Waals surface area contributed by atoms with Crippen LogP contribution in [0.1, 0.15) is 62.6 Å². The van der Waals surface area contributed by atoms with Crippen LogP contribution < -0.4 is 9.64 Å². The Labute approximate surface area is 259 Å². The molecule has 6 heterocycles. The molecule has 1 N–H and O–H groups in total. The highest BCUT2D eigenvalue weighted by atomic mass is 19.1. The predicted octanol–water partition coefficient (Wildman–Crippen LogP) is 6.46. The summed E-state index contributed by atoms with van der Waals surface area (Å²) in [6.45, 7) is 2.22. The van der Waals surface area contributed by atoms with E-state index in [1.165, 1.54) is 24.3 Å². The molecule has 2 aromatic carbocycles. The number of aryl methyl sites for hydroxylation is 1. The first-order valence-electron chi connectivity index (χ1n) is 16.0.